The van der Waals surface area contributed by atoms with Crippen LogP contribution in [0, 0.1) is 6.92 Å². The molecule has 0 amide bonds. The summed E-state index contributed by atoms with van der Waals surface area (Å²) in [7, 11) is 2.55. The number of rotatable bonds is 4. The number of aryl methyl sites for hydroxylation is 1. The Balaban J connectivity index is 2.69. The van der Waals surface area contributed by atoms with Crippen molar-refractivity contribution in [3.8, 4) is 0 Å². The van der Waals surface area contributed by atoms with E-state index in [9.17, 15) is 14.4 Å². The molecule has 1 unspecified atom stereocenters. The Kier molecular flexibility index (Phi) is 4.60. The molecular formula is C14H16N2O5S. The number of esters is 2. The first-order chi connectivity index (χ1) is 10.5. The molecule has 2 aromatic rings. The van der Waals surface area contributed by atoms with E-state index in [0.29, 0.717) is 27.1 Å². The lowest BCUT2D eigenvalue weighted by atomic mass is 10.2. The molecule has 118 valence electrons. The first kappa shape index (κ1) is 16.2. The molecular weight excluding hydrogens is 308 g/mol. The monoisotopic (exact) mass is 324 g/mol. The van der Waals surface area contributed by atoms with Crippen LogP contribution < -0.4 is 5.56 Å². The minimum atomic E-state index is -0.740. The number of thiophene rings is 1. The van der Waals surface area contributed by atoms with Crippen LogP contribution in [0.4, 0.5) is 0 Å². The highest BCUT2D eigenvalue weighted by atomic mass is 32.1. The maximum absolute atomic E-state index is 12.7. The summed E-state index contributed by atoms with van der Waals surface area (Å²) in [6.45, 7) is 3.44. The maximum atomic E-state index is 12.7. The molecule has 2 heterocycles. The summed E-state index contributed by atoms with van der Waals surface area (Å²) < 4.78 is 10.7. The van der Waals surface area contributed by atoms with E-state index in [1.807, 2.05) is 0 Å². The number of nitrogens with zero attached hydrogens (tertiary/aromatic N) is 2. The molecule has 0 aliphatic carbocycles. The summed E-state index contributed by atoms with van der Waals surface area (Å²) in [6, 6.07) is -0.740. The van der Waals surface area contributed by atoms with Gasteiger partial charge in [0.25, 0.3) is 5.56 Å². The van der Waals surface area contributed by atoms with Crippen LogP contribution in [0.15, 0.2) is 11.1 Å². The van der Waals surface area contributed by atoms with Crippen LogP contribution in [0.3, 0.4) is 0 Å². The van der Waals surface area contributed by atoms with Gasteiger partial charge in [0, 0.05) is 0 Å². The van der Waals surface area contributed by atoms with Crippen LogP contribution in [0.1, 0.15) is 34.6 Å². The number of carbonyl (C=O) groups excluding carboxylic acids is 2. The van der Waals surface area contributed by atoms with Crippen molar-refractivity contribution in [3.05, 3.63) is 27.1 Å². The fourth-order valence-electron chi connectivity index (χ4n) is 2.26. The summed E-state index contributed by atoms with van der Waals surface area (Å²) in [5, 5.41) is 0.329. The SMILES string of the molecule is CCC(C(=O)OC)n1cnc2sc(C(=O)OC)c(C)c2c1=O. The number of ether oxygens (including phenoxy) is 2. The van der Waals surface area contributed by atoms with Crippen LogP contribution >= 0.6 is 11.3 Å². The summed E-state index contributed by atoms with van der Waals surface area (Å²) in [5.41, 5.74) is 0.143. The fraction of sp³-hybridized carbons (Fsp3) is 0.429. The minimum absolute atomic E-state index is 0.329. The molecule has 0 N–H and O–H groups in total. The maximum Gasteiger partial charge on any atom is 0.348 e. The zero-order chi connectivity index (χ0) is 16.4. The van der Waals surface area contributed by atoms with Crippen molar-refractivity contribution in [2.45, 2.75) is 26.3 Å². The minimum Gasteiger partial charge on any atom is -0.467 e. The first-order valence-electron chi connectivity index (χ1n) is 6.62. The van der Waals surface area contributed by atoms with Crippen LogP contribution in [-0.4, -0.2) is 35.7 Å². The Bertz CT molecular complexity index is 792. The number of fused-ring (bicyclic) bond motifs is 1. The average Bonchev–Trinajstić information content (AvgIpc) is 2.86. The molecule has 22 heavy (non-hydrogen) atoms. The standard InChI is InChI=1S/C14H16N2O5S/c1-5-8(13(18)20-3)16-6-15-11-9(12(16)17)7(2)10(22-11)14(19)21-4/h6,8H,5H2,1-4H3. The van der Waals surface area contributed by atoms with Crippen molar-refractivity contribution in [1.29, 1.82) is 0 Å². The molecule has 0 spiro atoms. The van der Waals surface area contributed by atoms with Gasteiger partial charge in [0.2, 0.25) is 0 Å². The van der Waals surface area contributed by atoms with E-state index < -0.39 is 18.0 Å². The third-order valence-corrected chi connectivity index (χ3v) is 4.62. The van der Waals surface area contributed by atoms with Gasteiger partial charge in [-0.2, -0.15) is 0 Å². The Labute approximate surface area is 130 Å². The molecule has 0 aliphatic heterocycles. The third-order valence-electron chi connectivity index (χ3n) is 3.44. The topological polar surface area (TPSA) is 87.5 Å². The van der Waals surface area contributed by atoms with E-state index >= 15 is 0 Å². The lowest BCUT2D eigenvalue weighted by molar-refractivity contribution is -0.144. The Morgan fingerprint density at radius 3 is 2.59 bits per heavy atom. The number of carbonyl (C=O) groups is 2. The zero-order valence-electron chi connectivity index (χ0n) is 12.7. The van der Waals surface area contributed by atoms with Crippen LogP contribution in [0.5, 0.6) is 0 Å². The highest BCUT2D eigenvalue weighted by Crippen LogP contribution is 2.27. The molecule has 0 aliphatic rings. The van der Waals surface area contributed by atoms with Gasteiger partial charge in [-0.3, -0.25) is 9.36 Å². The summed E-state index contributed by atoms with van der Waals surface area (Å²) >= 11 is 1.10. The van der Waals surface area contributed by atoms with E-state index in [-0.39, 0.29) is 5.56 Å². The zero-order valence-corrected chi connectivity index (χ0v) is 13.5. The highest BCUT2D eigenvalue weighted by Gasteiger charge is 2.24. The van der Waals surface area contributed by atoms with Crippen LogP contribution in [-0.2, 0) is 14.3 Å². The Hall–Kier alpha value is -2.22. The smallest absolute Gasteiger partial charge is 0.348 e. The molecule has 2 rings (SSSR count). The first-order valence-corrected chi connectivity index (χ1v) is 7.44. The van der Waals surface area contributed by atoms with Gasteiger partial charge >= 0.3 is 11.9 Å². The predicted octanol–water partition coefficient (Wildman–Crippen LogP) is 1.68. The Morgan fingerprint density at radius 1 is 1.36 bits per heavy atom. The van der Waals surface area contributed by atoms with Gasteiger partial charge < -0.3 is 9.47 Å². The summed E-state index contributed by atoms with van der Waals surface area (Å²) in [6.07, 6.45) is 1.71. The predicted molar refractivity (Wildman–Crippen MR) is 81.3 cm³/mol. The van der Waals surface area contributed by atoms with E-state index in [2.05, 4.69) is 4.98 Å². The molecule has 0 bridgehead atoms. The van der Waals surface area contributed by atoms with Crippen molar-refractivity contribution in [2.24, 2.45) is 0 Å². The van der Waals surface area contributed by atoms with Gasteiger partial charge in [-0.05, 0) is 18.9 Å². The molecule has 8 heteroatoms. The lowest BCUT2D eigenvalue weighted by Gasteiger charge is -2.15. The second-order valence-electron chi connectivity index (χ2n) is 4.63. The molecule has 7 nitrogen and oxygen atoms in total. The van der Waals surface area contributed by atoms with E-state index in [4.69, 9.17) is 9.47 Å². The van der Waals surface area contributed by atoms with Crippen molar-refractivity contribution >= 4 is 33.5 Å². The van der Waals surface area contributed by atoms with E-state index in [1.165, 1.54) is 25.1 Å². The van der Waals surface area contributed by atoms with Gasteiger partial charge in [0.15, 0.2) is 0 Å². The quantitative estimate of drug-likeness (QED) is 0.795. The second kappa shape index (κ2) is 6.27. The average molecular weight is 324 g/mol. The molecule has 0 radical (unpaired) electrons. The molecule has 0 saturated heterocycles. The van der Waals surface area contributed by atoms with Crippen molar-refractivity contribution in [3.63, 3.8) is 0 Å². The van der Waals surface area contributed by atoms with Gasteiger partial charge in [0.05, 0.1) is 25.9 Å². The van der Waals surface area contributed by atoms with Crippen molar-refractivity contribution in [2.75, 3.05) is 14.2 Å². The van der Waals surface area contributed by atoms with Gasteiger partial charge in [0.1, 0.15) is 15.7 Å². The number of methoxy groups -OCH3 is 2. The largest absolute Gasteiger partial charge is 0.467 e. The summed E-state index contributed by atoms with van der Waals surface area (Å²) in [4.78, 5) is 41.2. The number of aromatic nitrogens is 2. The Morgan fingerprint density at radius 2 is 2.05 bits per heavy atom. The molecule has 0 aromatic carbocycles. The highest BCUT2D eigenvalue weighted by molar-refractivity contribution is 7.20. The normalized spacial score (nSPS) is 12.2. The van der Waals surface area contributed by atoms with Gasteiger partial charge in [-0.15, -0.1) is 11.3 Å². The molecule has 0 saturated carbocycles. The number of hydrogen-bond donors (Lipinski definition) is 0. The number of hydrogen-bond acceptors (Lipinski definition) is 7. The van der Waals surface area contributed by atoms with Crippen LogP contribution in [0.2, 0.25) is 0 Å². The summed E-state index contributed by atoms with van der Waals surface area (Å²) in [5.74, 6) is -1.02. The van der Waals surface area contributed by atoms with Gasteiger partial charge in [-0.1, -0.05) is 6.92 Å². The van der Waals surface area contributed by atoms with Gasteiger partial charge in [-0.25, -0.2) is 14.6 Å². The second-order valence-corrected chi connectivity index (χ2v) is 5.63. The third kappa shape index (κ3) is 2.50. The molecule has 2 aromatic heterocycles. The molecule has 0 fully saturated rings. The molecule has 1 atom stereocenters. The van der Waals surface area contributed by atoms with E-state index in [0.717, 1.165) is 11.3 Å². The lowest BCUT2D eigenvalue weighted by Crippen LogP contribution is -2.30. The fourth-order valence-corrected chi connectivity index (χ4v) is 3.32. The van der Waals surface area contributed by atoms with Crippen molar-refractivity contribution in [1.82, 2.24) is 9.55 Å². The van der Waals surface area contributed by atoms with Crippen LogP contribution in [0.25, 0.3) is 10.2 Å². The van der Waals surface area contributed by atoms with Crippen molar-refractivity contribution < 1.29 is 19.1 Å². The van der Waals surface area contributed by atoms with E-state index in [1.54, 1.807) is 13.8 Å².